The van der Waals surface area contributed by atoms with Gasteiger partial charge < -0.3 is 4.74 Å². The molecular weight excluding hydrogens is 236 g/mol. The van der Waals surface area contributed by atoms with E-state index < -0.39 is 21.8 Å². The highest BCUT2D eigenvalue weighted by Crippen LogP contribution is 2.04. The smallest absolute Gasteiger partial charge is 0.241 e. The zero-order valence-corrected chi connectivity index (χ0v) is 9.75. The molecule has 1 aliphatic heterocycles. The maximum absolute atomic E-state index is 11.7. The van der Waals surface area contributed by atoms with Gasteiger partial charge in [0.2, 0.25) is 21.8 Å². The van der Waals surface area contributed by atoms with Gasteiger partial charge in [-0.05, 0) is 6.92 Å². The third kappa shape index (κ3) is 3.54. The molecule has 8 heteroatoms. The third-order valence-corrected chi connectivity index (χ3v) is 3.73. The SMILES string of the molecule is CCOCCS(=O)(=O)N1CC(=O)NC(=O)C1. The summed E-state index contributed by atoms with van der Waals surface area (Å²) in [6.07, 6.45) is 0. The van der Waals surface area contributed by atoms with E-state index in [0.717, 1.165) is 4.31 Å². The van der Waals surface area contributed by atoms with Gasteiger partial charge in [0.15, 0.2) is 0 Å². The molecule has 0 atom stereocenters. The summed E-state index contributed by atoms with van der Waals surface area (Å²) in [4.78, 5) is 22.0. The van der Waals surface area contributed by atoms with Crippen LogP contribution in [0.4, 0.5) is 0 Å². The number of nitrogens with one attached hydrogen (secondary N) is 1. The molecule has 1 rings (SSSR count). The van der Waals surface area contributed by atoms with E-state index in [1.165, 1.54) is 0 Å². The fraction of sp³-hybridized carbons (Fsp3) is 0.750. The summed E-state index contributed by atoms with van der Waals surface area (Å²) in [7, 11) is -3.59. The normalized spacial score (nSPS) is 18.6. The fourth-order valence-electron chi connectivity index (χ4n) is 1.25. The van der Waals surface area contributed by atoms with Gasteiger partial charge in [-0.2, -0.15) is 4.31 Å². The molecule has 0 aliphatic carbocycles. The highest BCUT2D eigenvalue weighted by molar-refractivity contribution is 7.89. The Hall–Kier alpha value is -0.990. The van der Waals surface area contributed by atoms with Crippen LogP contribution in [0.5, 0.6) is 0 Å². The van der Waals surface area contributed by atoms with E-state index in [1.807, 2.05) is 5.32 Å². The molecule has 92 valence electrons. The second-order valence-corrected chi connectivity index (χ2v) is 5.34. The molecule has 0 aromatic rings. The van der Waals surface area contributed by atoms with Crippen LogP contribution >= 0.6 is 0 Å². The average Bonchev–Trinajstić information content (AvgIpc) is 2.16. The Morgan fingerprint density at radius 3 is 2.38 bits per heavy atom. The Kier molecular flexibility index (Phi) is 4.39. The van der Waals surface area contributed by atoms with Crippen molar-refractivity contribution in [1.29, 1.82) is 0 Å². The number of nitrogens with zero attached hydrogens (tertiary/aromatic N) is 1. The number of carbonyl (C=O) groups is 2. The van der Waals surface area contributed by atoms with E-state index in [4.69, 9.17) is 4.74 Å². The molecular formula is C8H14N2O5S. The maximum atomic E-state index is 11.7. The molecule has 1 heterocycles. The van der Waals surface area contributed by atoms with Crippen LogP contribution in [-0.2, 0) is 24.3 Å². The van der Waals surface area contributed by atoms with E-state index in [0.29, 0.717) is 6.61 Å². The molecule has 0 spiro atoms. The minimum Gasteiger partial charge on any atom is -0.381 e. The summed E-state index contributed by atoms with van der Waals surface area (Å²) in [5.41, 5.74) is 0. The van der Waals surface area contributed by atoms with Crippen molar-refractivity contribution >= 4 is 21.8 Å². The number of rotatable bonds is 5. The van der Waals surface area contributed by atoms with E-state index in [-0.39, 0.29) is 25.4 Å². The van der Waals surface area contributed by atoms with Gasteiger partial charge in [-0.1, -0.05) is 0 Å². The Morgan fingerprint density at radius 1 is 1.31 bits per heavy atom. The van der Waals surface area contributed by atoms with Crippen molar-refractivity contribution in [3.05, 3.63) is 0 Å². The predicted octanol–water partition coefficient (Wildman–Crippen LogP) is -1.69. The van der Waals surface area contributed by atoms with Gasteiger partial charge in [0.05, 0.1) is 25.4 Å². The summed E-state index contributed by atoms with van der Waals surface area (Å²) in [6, 6.07) is 0. The zero-order chi connectivity index (χ0) is 12.2. The van der Waals surface area contributed by atoms with Crippen LogP contribution in [0.15, 0.2) is 0 Å². The minimum absolute atomic E-state index is 0.0607. The van der Waals surface area contributed by atoms with Crippen LogP contribution < -0.4 is 5.32 Å². The number of hydrogen-bond donors (Lipinski definition) is 1. The van der Waals surface area contributed by atoms with Crippen molar-refractivity contribution in [1.82, 2.24) is 9.62 Å². The minimum atomic E-state index is -3.59. The molecule has 2 amide bonds. The summed E-state index contributed by atoms with van der Waals surface area (Å²) in [5, 5.41) is 2.03. The topological polar surface area (TPSA) is 92.8 Å². The molecule has 0 radical (unpaired) electrons. The lowest BCUT2D eigenvalue weighted by atomic mass is 10.4. The van der Waals surface area contributed by atoms with Crippen molar-refractivity contribution < 1.29 is 22.7 Å². The van der Waals surface area contributed by atoms with E-state index >= 15 is 0 Å². The number of hydrogen-bond acceptors (Lipinski definition) is 5. The van der Waals surface area contributed by atoms with Crippen molar-refractivity contribution in [2.45, 2.75) is 6.92 Å². The number of amides is 2. The first-order valence-corrected chi connectivity index (χ1v) is 6.45. The monoisotopic (exact) mass is 250 g/mol. The van der Waals surface area contributed by atoms with Gasteiger partial charge in [-0.25, -0.2) is 8.42 Å². The first-order chi connectivity index (χ1) is 7.45. The van der Waals surface area contributed by atoms with E-state index in [2.05, 4.69) is 0 Å². The molecule has 0 bridgehead atoms. The first kappa shape index (κ1) is 13.1. The van der Waals surface area contributed by atoms with Gasteiger partial charge in [-0.3, -0.25) is 14.9 Å². The van der Waals surface area contributed by atoms with Crippen LogP contribution in [0, 0.1) is 0 Å². The Morgan fingerprint density at radius 2 is 1.88 bits per heavy atom. The second kappa shape index (κ2) is 5.37. The van der Waals surface area contributed by atoms with E-state index in [9.17, 15) is 18.0 Å². The molecule has 0 unspecified atom stereocenters. The van der Waals surface area contributed by atoms with Gasteiger partial charge >= 0.3 is 0 Å². The summed E-state index contributed by atoms with van der Waals surface area (Å²) < 4.78 is 29.1. The van der Waals surface area contributed by atoms with Gasteiger partial charge in [0.25, 0.3) is 0 Å². The summed E-state index contributed by atoms with van der Waals surface area (Å²) in [5.74, 6) is -1.42. The molecule has 0 saturated carbocycles. The molecule has 1 fully saturated rings. The lowest BCUT2D eigenvalue weighted by Crippen LogP contribution is -2.53. The maximum Gasteiger partial charge on any atom is 0.241 e. The van der Waals surface area contributed by atoms with Crippen molar-refractivity contribution in [2.75, 3.05) is 32.1 Å². The van der Waals surface area contributed by atoms with Crippen LogP contribution in [-0.4, -0.2) is 56.6 Å². The number of ether oxygens (including phenoxy) is 1. The zero-order valence-electron chi connectivity index (χ0n) is 8.93. The van der Waals surface area contributed by atoms with Crippen LogP contribution in [0.25, 0.3) is 0 Å². The van der Waals surface area contributed by atoms with Gasteiger partial charge in [0, 0.05) is 6.61 Å². The molecule has 1 aliphatic rings. The van der Waals surface area contributed by atoms with Gasteiger partial charge in [0.1, 0.15) is 0 Å². The number of carbonyl (C=O) groups excluding carboxylic acids is 2. The quantitative estimate of drug-likeness (QED) is 0.464. The van der Waals surface area contributed by atoms with Crippen molar-refractivity contribution in [3.8, 4) is 0 Å². The first-order valence-electron chi connectivity index (χ1n) is 4.84. The molecule has 7 nitrogen and oxygen atoms in total. The van der Waals surface area contributed by atoms with Crippen LogP contribution in [0.1, 0.15) is 6.92 Å². The van der Waals surface area contributed by atoms with Crippen molar-refractivity contribution in [2.24, 2.45) is 0 Å². The fourth-order valence-corrected chi connectivity index (χ4v) is 2.46. The average molecular weight is 250 g/mol. The molecule has 16 heavy (non-hydrogen) atoms. The number of sulfonamides is 1. The Labute approximate surface area is 93.8 Å². The lowest BCUT2D eigenvalue weighted by Gasteiger charge is -2.24. The van der Waals surface area contributed by atoms with Gasteiger partial charge in [-0.15, -0.1) is 0 Å². The standard InChI is InChI=1S/C8H14N2O5S/c1-2-15-3-4-16(13,14)10-5-7(11)9-8(12)6-10/h2-6H2,1H3,(H,9,11,12). The highest BCUT2D eigenvalue weighted by atomic mass is 32.2. The largest absolute Gasteiger partial charge is 0.381 e. The Bertz CT molecular complexity index is 362. The highest BCUT2D eigenvalue weighted by Gasteiger charge is 2.31. The Balaban J connectivity index is 2.60. The third-order valence-electron chi connectivity index (χ3n) is 2.00. The predicted molar refractivity (Wildman–Crippen MR) is 55.0 cm³/mol. The lowest BCUT2D eigenvalue weighted by molar-refractivity contribution is -0.134. The number of imide groups is 1. The van der Waals surface area contributed by atoms with E-state index in [1.54, 1.807) is 6.92 Å². The second-order valence-electron chi connectivity index (χ2n) is 3.25. The van der Waals surface area contributed by atoms with Crippen molar-refractivity contribution in [3.63, 3.8) is 0 Å². The molecule has 1 saturated heterocycles. The summed E-state index contributed by atoms with van der Waals surface area (Å²) in [6.45, 7) is 1.63. The number of piperazine rings is 1. The van der Waals surface area contributed by atoms with Crippen LogP contribution in [0.2, 0.25) is 0 Å². The van der Waals surface area contributed by atoms with Crippen LogP contribution in [0.3, 0.4) is 0 Å². The molecule has 1 N–H and O–H groups in total. The summed E-state index contributed by atoms with van der Waals surface area (Å²) >= 11 is 0. The molecule has 0 aromatic heterocycles. The molecule has 0 aromatic carbocycles.